The standard InChI is InChI=1S/C19H19N5O/c25-19(16-7-4-8-17(11-16)23-13-21-22-14-23)24-10-9-20-12-18(24)15-5-2-1-3-6-15/h1-8,11,13-14,18,20H,9-10,12H2/t18-/m1/s1. The Morgan fingerprint density at radius 1 is 1.04 bits per heavy atom. The van der Waals surface area contributed by atoms with Gasteiger partial charge in [-0.1, -0.05) is 36.4 Å². The largest absolute Gasteiger partial charge is 0.329 e. The van der Waals surface area contributed by atoms with E-state index in [-0.39, 0.29) is 11.9 Å². The topological polar surface area (TPSA) is 63.1 Å². The van der Waals surface area contributed by atoms with Crippen LogP contribution in [0.1, 0.15) is 22.0 Å². The van der Waals surface area contributed by atoms with Crippen LogP contribution in [-0.2, 0) is 0 Å². The summed E-state index contributed by atoms with van der Waals surface area (Å²) in [6.45, 7) is 2.26. The molecule has 1 aromatic heterocycles. The Bertz CT molecular complexity index is 847. The minimum Gasteiger partial charge on any atom is -0.329 e. The summed E-state index contributed by atoms with van der Waals surface area (Å²) in [5.74, 6) is 0.0466. The van der Waals surface area contributed by atoms with Crippen molar-refractivity contribution in [1.29, 1.82) is 0 Å². The van der Waals surface area contributed by atoms with Gasteiger partial charge in [-0.3, -0.25) is 9.36 Å². The lowest BCUT2D eigenvalue weighted by atomic mass is 10.0. The molecule has 0 unspecified atom stereocenters. The van der Waals surface area contributed by atoms with Crippen LogP contribution >= 0.6 is 0 Å². The number of nitrogens with one attached hydrogen (secondary N) is 1. The number of benzene rings is 2. The highest BCUT2D eigenvalue weighted by Crippen LogP contribution is 2.24. The van der Waals surface area contributed by atoms with Crippen molar-refractivity contribution < 1.29 is 4.79 Å². The first-order valence-corrected chi connectivity index (χ1v) is 8.34. The molecule has 6 nitrogen and oxygen atoms in total. The Morgan fingerprint density at radius 2 is 1.84 bits per heavy atom. The summed E-state index contributed by atoms with van der Waals surface area (Å²) in [6, 6.07) is 17.8. The van der Waals surface area contributed by atoms with Gasteiger partial charge in [-0.15, -0.1) is 10.2 Å². The second-order valence-electron chi connectivity index (χ2n) is 6.05. The first kappa shape index (κ1) is 15.5. The number of rotatable bonds is 3. The predicted molar refractivity (Wildman–Crippen MR) is 94.4 cm³/mol. The second kappa shape index (κ2) is 6.86. The minimum atomic E-state index is 0.0426. The molecular formula is C19H19N5O. The van der Waals surface area contributed by atoms with Crippen LogP contribution in [0.25, 0.3) is 5.69 Å². The summed E-state index contributed by atoms with van der Waals surface area (Å²) < 4.78 is 1.79. The zero-order chi connectivity index (χ0) is 17.1. The number of nitrogens with zero attached hydrogens (tertiary/aromatic N) is 4. The summed E-state index contributed by atoms with van der Waals surface area (Å²) in [5, 5.41) is 11.0. The fraction of sp³-hybridized carbons (Fsp3) is 0.211. The number of aromatic nitrogens is 3. The quantitative estimate of drug-likeness (QED) is 0.797. The molecule has 25 heavy (non-hydrogen) atoms. The Labute approximate surface area is 146 Å². The molecule has 0 saturated carbocycles. The maximum Gasteiger partial charge on any atom is 0.254 e. The van der Waals surface area contributed by atoms with E-state index in [0.717, 1.165) is 24.3 Å². The highest BCUT2D eigenvalue weighted by Gasteiger charge is 2.28. The van der Waals surface area contributed by atoms with Gasteiger partial charge >= 0.3 is 0 Å². The Hall–Kier alpha value is -2.99. The van der Waals surface area contributed by atoms with Gasteiger partial charge in [-0.2, -0.15) is 0 Å². The third-order valence-electron chi connectivity index (χ3n) is 4.50. The van der Waals surface area contributed by atoms with Gasteiger partial charge in [0.05, 0.1) is 6.04 Å². The Kier molecular flexibility index (Phi) is 4.26. The van der Waals surface area contributed by atoms with Gasteiger partial charge < -0.3 is 10.2 Å². The maximum absolute atomic E-state index is 13.2. The summed E-state index contributed by atoms with van der Waals surface area (Å²) in [4.78, 5) is 15.1. The molecule has 2 heterocycles. The van der Waals surface area contributed by atoms with Crippen LogP contribution in [-0.4, -0.2) is 45.2 Å². The molecule has 1 atom stereocenters. The van der Waals surface area contributed by atoms with Crippen molar-refractivity contribution >= 4 is 5.91 Å². The smallest absolute Gasteiger partial charge is 0.254 e. The molecule has 0 aliphatic carbocycles. The monoisotopic (exact) mass is 333 g/mol. The van der Waals surface area contributed by atoms with E-state index in [1.165, 1.54) is 0 Å². The second-order valence-corrected chi connectivity index (χ2v) is 6.05. The van der Waals surface area contributed by atoms with Crippen LogP contribution in [0.15, 0.2) is 67.3 Å². The van der Waals surface area contributed by atoms with Gasteiger partial charge in [0, 0.05) is 30.9 Å². The highest BCUT2D eigenvalue weighted by molar-refractivity contribution is 5.95. The molecule has 126 valence electrons. The first-order chi connectivity index (χ1) is 12.3. The molecule has 1 aliphatic rings. The Balaban J connectivity index is 1.64. The number of hydrogen-bond donors (Lipinski definition) is 1. The molecule has 0 spiro atoms. The molecular weight excluding hydrogens is 314 g/mol. The van der Waals surface area contributed by atoms with Crippen LogP contribution in [0.2, 0.25) is 0 Å². The molecule has 6 heteroatoms. The fourth-order valence-electron chi connectivity index (χ4n) is 3.22. The maximum atomic E-state index is 13.2. The molecule has 2 aromatic carbocycles. The van der Waals surface area contributed by atoms with E-state index in [0.29, 0.717) is 12.1 Å². The average molecular weight is 333 g/mol. The lowest BCUT2D eigenvalue weighted by molar-refractivity contribution is 0.0634. The van der Waals surface area contributed by atoms with Gasteiger partial charge in [-0.25, -0.2) is 0 Å². The van der Waals surface area contributed by atoms with Crippen LogP contribution in [0.4, 0.5) is 0 Å². The number of carbonyl (C=O) groups excluding carboxylic acids is 1. The number of piperazine rings is 1. The zero-order valence-electron chi connectivity index (χ0n) is 13.7. The minimum absolute atomic E-state index is 0.0426. The van der Waals surface area contributed by atoms with Crippen molar-refractivity contribution in [3.05, 3.63) is 78.4 Å². The van der Waals surface area contributed by atoms with Crippen LogP contribution in [0, 0.1) is 0 Å². The predicted octanol–water partition coefficient (Wildman–Crippen LogP) is 2.05. The number of amides is 1. The average Bonchev–Trinajstić information content (AvgIpc) is 3.23. The van der Waals surface area contributed by atoms with E-state index in [1.807, 2.05) is 47.4 Å². The summed E-state index contributed by atoms with van der Waals surface area (Å²) in [6.07, 6.45) is 3.25. The van der Waals surface area contributed by atoms with E-state index in [2.05, 4.69) is 27.6 Å². The molecule has 0 bridgehead atoms. The molecule has 1 amide bonds. The normalized spacial score (nSPS) is 17.4. The first-order valence-electron chi connectivity index (χ1n) is 8.34. The van der Waals surface area contributed by atoms with Gasteiger partial charge in [0.15, 0.2) is 0 Å². The van der Waals surface area contributed by atoms with E-state index in [1.54, 1.807) is 17.2 Å². The molecule has 1 N–H and O–H groups in total. The van der Waals surface area contributed by atoms with Gasteiger partial charge in [-0.05, 0) is 23.8 Å². The Morgan fingerprint density at radius 3 is 2.64 bits per heavy atom. The zero-order valence-corrected chi connectivity index (χ0v) is 13.7. The molecule has 0 radical (unpaired) electrons. The molecule has 1 fully saturated rings. The van der Waals surface area contributed by atoms with E-state index >= 15 is 0 Å². The fourth-order valence-corrected chi connectivity index (χ4v) is 3.22. The third-order valence-corrected chi connectivity index (χ3v) is 4.50. The van der Waals surface area contributed by atoms with E-state index in [4.69, 9.17) is 0 Å². The summed E-state index contributed by atoms with van der Waals surface area (Å²) in [5.41, 5.74) is 2.70. The molecule has 1 saturated heterocycles. The molecule has 3 aromatic rings. The van der Waals surface area contributed by atoms with Crippen molar-refractivity contribution in [3.63, 3.8) is 0 Å². The van der Waals surface area contributed by atoms with Crippen LogP contribution < -0.4 is 5.32 Å². The van der Waals surface area contributed by atoms with E-state index in [9.17, 15) is 4.79 Å². The summed E-state index contributed by atoms with van der Waals surface area (Å²) in [7, 11) is 0. The van der Waals surface area contributed by atoms with Gasteiger partial charge in [0.1, 0.15) is 12.7 Å². The van der Waals surface area contributed by atoms with Gasteiger partial charge in [0.2, 0.25) is 0 Å². The highest BCUT2D eigenvalue weighted by atomic mass is 16.2. The lowest BCUT2D eigenvalue weighted by Crippen LogP contribution is -2.48. The van der Waals surface area contributed by atoms with Crippen LogP contribution in [0.5, 0.6) is 0 Å². The molecule has 1 aliphatic heterocycles. The van der Waals surface area contributed by atoms with Crippen molar-refractivity contribution in [1.82, 2.24) is 25.0 Å². The van der Waals surface area contributed by atoms with Crippen molar-refractivity contribution in [3.8, 4) is 5.69 Å². The third kappa shape index (κ3) is 3.16. The number of carbonyl (C=O) groups is 1. The van der Waals surface area contributed by atoms with Crippen molar-refractivity contribution in [2.45, 2.75) is 6.04 Å². The van der Waals surface area contributed by atoms with Gasteiger partial charge in [0.25, 0.3) is 5.91 Å². The molecule has 4 rings (SSSR count). The van der Waals surface area contributed by atoms with Crippen molar-refractivity contribution in [2.75, 3.05) is 19.6 Å². The van der Waals surface area contributed by atoms with Crippen molar-refractivity contribution in [2.24, 2.45) is 0 Å². The van der Waals surface area contributed by atoms with Crippen LogP contribution in [0.3, 0.4) is 0 Å². The summed E-state index contributed by atoms with van der Waals surface area (Å²) >= 11 is 0. The lowest BCUT2D eigenvalue weighted by Gasteiger charge is -2.36. The van der Waals surface area contributed by atoms with E-state index < -0.39 is 0 Å². The SMILES string of the molecule is O=C(c1cccc(-n2cnnc2)c1)N1CCNC[C@@H]1c1ccccc1. The number of hydrogen-bond acceptors (Lipinski definition) is 4.